The van der Waals surface area contributed by atoms with Crippen LogP contribution in [0.3, 0.4) is 0 Å². The van der Waals surface area contributed by atoms with Crippen molar-refractivity contribution in [3.8, 4) is 5.75 Å². The minimum Gasteiger partial charge on any atom is -0.492 e. The number of para-hydroxylation sites is 2. The summed E-state index contributed by atoms with van der Waals surface area (Å²) in [5.74, 6) is -0.805. The first kappa shape index (κ1) is 19.7. The molecule has 2 N–H and O–H groups in total. The summed E-state index contributed by atoms with van der Waals surface area (Å²) in [6.45, 7) is 4.99. The Bertz CT molecular complexity index is 799. The van der Waals surface area contributed by atoms with Crippen LogP contribution < -0.4 is 20.3 Å². The van der Waals surface area contributed by atoms with Crippen molar-refractivity contribution < 1.29 is 14.3 Å². The Labute approximate surface area is 165 Å². The number of hydrogen-bond donors (Lipinski definition) is 2. The molecule has 0 aromatic heterocycles. The van der Waals surface area contributed by atoms with E-state index in [4.69, 9.17) is 4.74 Å². The van der Waals surface area contributed by atoms with Crippen LogP contribution in [0, 0.1) is 0 Å². The third kappa shape index (κ3) is 5.25. The average molecular weight is 381 g/mol. The molecule has 0 radical (unpaired) electrons. The molecule has 1 aliphatic heterocycles. The second-order valence-corrected chi connectivity index (χ2v) is 6.75. The maximum absolute atomic E-state index is 12.1. The molecule has 0 unspecified atom stereocenters. The molecule has 0 bridgehead atoms. The van der Waals surface area contributed by atoms with Crippen molar-refractivity contribution in [3.05, 3.63) is 54.1 Å². The third-order valence-electron chi connectivity index (χ3n) is 4.75. The van der Waals surface area contributed by atoms with Crippen LogP contribution >= 0.6 is 0 Å². The van der Waals surface area contributed by atoms with E-state index in [1.165, 1.54) is 18.5 Å². The fourth-order valence-electron chi connectivity index (χ4n) is 3.28. The first-order valence-corrected chi connectivity index (χ1v) is 9.82. The first-order chi connectivity index (χ1) is 13.7. The maximum atomic E-state index is 12.1. The van der Waals surface area contributed by atoms with Gasteiger partial charge >= 0.3 is 11.8 Å². The summed E-state index contributed by atoms with van der Waals surface area (Å²) in [6.07, 6.45) is 3.19. The Kier molecular flexibility index (Phi) is 6.89. The standard InChI is InChI=1S/C22H27N3O3/c1-2-28-20-8-4-3-7-19(20)24-22(27)21(26)23-14-13-17-9-11-18(12-10-17)25-15-5-6-16-25/h3-4,7-12H,2,5-6,13-16H2,1H3,(H,23,26)(H,24,27). The van der Waals surface area contributed by atoms with Gasteiger partial charge in [0.2, 0.25) is 0 Å². The SMILES string of the molecule is CCOc1ccccc1NC(=O)C(=O)NCCc1ccc(N2CCCC2)cc1. The second kappa shape index (κ2) is 9.78. The molecule has 0 atom stereocenters. The number of carbonyl (C=O) groups excluding carboxylic acids is 2. The summed E-state index contributed by atoms with van der Waals surface area (Å²) < 4.78 is 5.45. The van der Waals surface area contributed by atoms with Crippen LogP contribution in [0.2, 0.25) is 0 Å². The largest absolute Gasteiger partial charge is 0.492 e. The molecular formula is C22H27N3O3. The number of amides is 2. The fourth-order valence-corrected chi connectivity index (χ4v) is 3.28. The summed E-state index contributed by atoms with van der Waals surface area (Å²) >= 11 is 0. The highest BCUT2D eigenvalue weighted by Gasteiger charge is 2.15. The predicted octanol–water partition coefficient (Wildman–Crippen LogP) is 2.98. The molecule has 2 aromatic rings. The van der Waals surface area contributed by atoms with Gasteiger partial charge in [0.25, 0.3) is 0 Å². The number of anilines is 2. The molecule has 0 saturated carbocycles. The molecule has 0 aliphatic carbocycles. The van der Waals surface area contributed by atoms with Gasteiger partial charge in [0, 0.05) is 25.3 Å². The predicted molar refractivity (Wildman–Crippen MR) is 111 cm³/mol. The van der Waals surface area contributed by atoms with E-state index >= 15 is 0 Å². The van der Waals surface area contributed by atoms with Crippen molar-refractivity contribution >= 4 is 23.2 Å². The zero-order valence-corrected chi connectivity index (χ0v) is 16.2. The number of rotatable bonds is 7. The lowest BCUT2D eigenvalue weighted by Gasteiger charge is -2.17. The van der Waals surface area contributed by atoms with E-state index in [1.54, 1.807) is 18.2 Å². The highest BCUT2D eigenvalue weighted by Crippen LogP contribution is 2.23. The topological polar surface area (TPSA) is 70.7 Å². The lowest BCUT2D eigenvalue weighted by Crippen LogP contribution is -2.36. The molecule has 28 heavy (non-hydrogen) atoms. The quantitative estimate of drug-likeness (QED) is 0.724. The highest BCUT2D eigenvalue weighted by atomic mass is 16.5. The summed E-state index contributed by atoms with van der Waals surface area (Å²) in [4.78, 5) is 26.6. The molecule has 1 aliphatic rings. The Hall–Kier alpha value is -3.02. The van der Waals surface area contributed by atoms with Gasteiger partial charge in [-0.3, -0.25) is 9.59 Å². The van der Waals surface area contributed by atoms with E-state index in [9.17, 15) is 9.59 Å². The molecular weight excluding hydrogens is 354 g/mol. The number of nitrogens with zero attached hydrogens (tertiary/aromatic N) is 1. The molecule has 6 nitrogen and oxygen atoms in total. The zero-order chi connectivity index (χ0) is 19.8. The smallest absolute Gasteiger partial charge is 0.313 e. The van der Waals surface area contributed by atoms with Gasteiger partial charge < -0.3 is 20.3 Å². The highest BCUT2D eigenvalue weighted by molar-refractivity contribution is 6.39. The maximum Gasteiger partial charge on any atom is 0.313 e. The van der Waals surface area contributed by atoms with E-state index in [-0.39, 0.29) is 0 Å². The van der Waals surface area contributed by atoms with Gasteiger partial charge in [-0.25, -0.2) is 0 Å². The zero-order valence-electron chi connectivity index (χ0n) is 16.2. The molecule has 3 rings (SSSR count). The summed E-state index contributed by atoms with van der Waals surface area (Å²) in [5.41, 5.74) is 2.87. The van der Waals surface area contributed by atoms with E-state index < -0.39 is 11.8 Å². The van der Waals surface area contributed by atoms with Crippen molar-refractivity contribution in [2.45, 2.75) is 26.2 Å². The van der Waals surface area contributed by atoms with E-state index in [0.717, 1.165) is 18.7 Å². The van der Waals surface area contributed by atoms with Crippen molar-refractivity contribution in [2.75, 3.05) is 36.5 Å². The van der Waals surface area contributed by atoms with Crippen molar-refractivity contribution in [3.63, 3.8) is 0 Å². The van der Waals surface area contributed by atoms with Gasteiger partial charge in [-0.05, 0) is 56.0 Å². The van der Waals surface area contributed by atoms with Crippen LogP contribution in [0.25, 0.3) is 0 Å². The van der Waals surface area contributed by atoms with Gasteiger partial charge in [0.05, 0.1) is 12.3 Å². The molecule has 6 heteroatoms. The molecule has 2 amide bonds. The Morgan fingerprint density at radius 1 is 1.00 bits per heavy atom. The third-order valence-corrected chi connectivity index (χ3v) is 4.75. The van der Waals surface area contributed by atoms with E-state index in [0.29, 0.717) is 31.0 Å². The van der Waals surface area contributed by atoms with Crippen molar-refractivity contribution in [1.82, 2.24) is 5.32 Å². The van der Waals surface area contributed by atoms with Crippen LogP contribution in [0.15, 0.2) is 48.5 Å². The lowest BCUT2D eigenvalue weighted by atomic mass is 10.1. The molecule has 148 valence electrons. The average Bonchev–Trinajstić information content (AvgIpc) is 3.25. The Morgan fingerprint density at radius 3 is 2.43 bits per heavy atom. The minimum absolute atomic E-state index is 0.405. The van der Waals surface area contributed by atoms with Crippen LogP contribution in [0.5, 0.6) is 5.75 Å². The van der Waals surface area contributed by atoms with Gasteiger partial charge in [0.1, 0.15) is 5.75 Å². The first-order valence-electron chi connectivity index (χ1n) is 9.82. The molecule has 1 fully saturated rings. The van der Waals surface area contributed by atoms with Gasteiger partial charge in [0.15, 0.2) is 0 Å². The lowest BCUT2D eigenvalue weighted by molar-refractivity contribution is -0.136. The molecule has 2 aromatic carbocycles. The van der Waals surface area contributed by atoms with Crippen molar-refractivity contribution in [2.24, 2.45) is 0 Å². The normalized spacial score (nSPS) is 13.2. The minimum atomic E-state index is -0.698. The van der Waals surface area contributed by atoms with E-state index in [2.05, 4.69) is 39.8 Å². The summed E-state index contributed by atoms with van der Waals surface area (Å²) in [5, 5.41) is 5.27. The van der Waals surface area contributed by atoms with Crippen LogP contribution in [-0.2, 0) is 16.0 Å². The number of ether oxygens (including phenoxy) is 1. The van der Waals surface area contributed by atoms with Gasteiger partial charge in [-0.1, -0.05) is 24.3 Å². The Balaban J connectivity index is 1.45. The van der Waals surface area contributed by atoms with Crippen LogP contribution in [0.4, 0.5) is 11.4 Å². The number of hydrogen-bond acceptors (Lipinski definition) is 4. The molecule has 1 heterocycles. The summed E-state index contributed by atoms with van der Waals surface area (Å²) in [7, 11) is 0. The van der Waals surface area contributed by atoms with Gasteiger partial charge in [-0.2, -0.15) is 0 Å². The molecule has 0 spiro atoms. The number of carbonyl (C=O) groups is 2. The second-order valence-electron chi connectivity index (χ2n) is 6.75. The monoisotopic (exact) mass is 381 g/mol. The summed E-state index contributed by atoms with van der Waals surface area (Å²) in [6, 6.07) is 15.5. The Morgan fingerprint density at radius 2 is 1.71 bits per heavy atom. The molecule has 1 saturated heterocycles. The number of benzene rings is 2. The number of nitrogens with one attached hydrogen (secondary N) is 2. The van der Waals surface area contributed by atoms with Crippen molar-refractivity contribution in [1.29, 1.82) is 0 Å². The fraction of sp³-hybridized carbons (Fsp3) is 0.364. The van der Waals surface area contributed by atoms with Gasteiger partial charge in [-0.15, -0.1) is 0 Å². The van der Waals surface area contributed by atoms with E-state index in [1.807, 2.05) is 13.0 Å². The van der Waals surface area contributed by atoms with Crippen LogP contribution in [0.1, 0.15) is 25.3 Å². The van der Waals surface area contributed by atoms with Crippen LogP contribution in [-0.4, -0.2) is 38.1 Å².